The summed E-state index contributed by atoms with van der Waals surface area (Å²) in [4.78, 5) is 3.82. The molecule has 0 bridgehead atoms. The molecular formula is C11H8N2O. The van der Waals surface area contributed by atoms with E-state index in [0.29, 0.717) is 5.69 Å². The van der Waals surface area contributed by atoms with Crippen molar-refractivity contribution in [3.8, 4) is 11.3 Å². The minimum Gasteiger partial charge on any atom is -0.464 e. The van der Waals surface area contributed by atoms with Crippen LogP contribution in [0.4, 0.5) is 5.69 Å². The first-order valence-electron chi connectivity index (χ1n) is 4.17. The molecule has 0 aliphatic carbocycles. The second-order valence-electron chi connectivity index (χ2n) is 2.72. The van der Waals surface area contributed by atoms with Gasteiger partial charge in [-0.05, 0) is 24.3 Å². The Balaban J connectivity index is 2.57. The van der Waals surface area contributed by atoms with Crippen LogP contribution in [0.1, 0.15) is 0 Å². The number of benzene rings is 1. The summed E-state index contributed by atoms with van der Waals surface area (Å²) < 4.78 is 5.26. The van der Waals surface area contributed by atoms with Gasteiger partial charge in [-0.15, -0.1) is 0 Å². The van der Waals surface area contributed by atoms with Gasteiger partial charge in [-0.2, -0.15) is 4.99 Å². The highest BCUT2D eigenvalue weighted by molar-refractivity contribution is 5.73. The molecule has 0 atom stereocenters. The molecule has 0 saturated heterocycles. The zero-order valence-electron chi connectivity index (χ0n) is 7.40. The Bertz CT molecular complexity index is 468. The molecule has 3 nitrogen and oxygen atoms in total. The SMILES string of the molecule is N=C=Nc1ccccc1-c1ccco1. The number of nitrogens with one attached hydrogen (secondary N) is 1. The van der Waals surface area contributed by atoms with Crippen molar-refractivity contribution in [2.24, 2.45) is 4.99 Å². The Hall–Kier alpha value is -2.12. The Morgan fingerprint density at radius 2 is 2.00 bits per heavy atom. The number of hydrogen-bond acceptors (Lipinski definition) is 3. The number of para-hydroxylation sites is 1. The van der Waals surface area contributed by atoms with E-state index in [1.165, 1.54) is 0 Å². The summed E-state index contributed by atoms with van der Waals surface area (Å²) in [6.45, 7) is 0. The van der Waals surface area contributed by atoms with Crippen molar-refractivity contribution in [2.75, 3.05) is 0 Å². The number of furan rings is 1. The Morgan fingerprint density at radius 1 is 1.14 bits per heavy atom. The fourth-order valence-electron chi connectivity index (χ4n) is 1.27. The molecule has 0 amide bonds. The fraction of sp³-hybridized carbons (Fsp3) is 0. The molecule has 1 heterocycles. The van der Waals surface area contributed by atoms with Crippen molar-refractivity contribution in [1.29, 1.82) is 5.41 Å². The van der Waals surface area contributed by atoms with E-state index >= 15 is 0 Å². The van der Waals surface area contributed by atoms with Gasteiger partial charge >= 0.3 is 0 Å². The van der Waals surface area contributed by atoms with E-state index < -0.39 is 0 Å². The van der Waals surface area contributed by atoms with Gasteiger partial charge in [-0.25, -0.2) is 5.41 Å². The Morgan fingerprint density at radius 3 is 2.71 bits per heavy atom. The van der Waals surface area contributed by atoms with Crippen LogP contribution < -0.4 is 0 Å². The number of rotatable bonds is 2. The molecule has 0 fully saturated rings. The number of nitrogens with zero attached hydrogens (tertiary/aromatic N) is 1. The van der Waals surface area contributed by atoms with Crippen molar-refractivity contribution in [3.05, 3.63) is 42.7 Å². The van der Waals surface area contributed by atoms with E-state index in [9.17, 15) is 0 Å². The highest BCUT2D eigenvalue weighted by Crippen LogP contribution is 2.29. The van der Waals surface area contributed by atoms with Crippen LogP contribution in [0.5, 0.6) is 0 Å². The maximum Gasteiger partial charge on any atom is 0.136 e. The lowest BCUT2D eigenvalue weighted by Gasteiger charge is -1.99. The first-order chi connectivity index (χ1) is 6.92. The second kappa shape index (κ2) is 3.73. The van der Waals surface area contributed by atoms with E-state index in [1.807, 2.05) is 42.4 Å². The molecule has 1 aromatic carbocycles. The minimum absolute atomic E-state index is 0.692. The van der Waals surface area contributed by atoms with Crippen LogP contribution in [0.2, 0.25) is 0 Å². The first-order valence-corrected chi connectivity index (χ1v) is 4.17. The Kier molecular flexibility index (Phi) is 2.26. The second-order valence-corrected chi connectivity index (χ2v) is 2.72. The minimum atomic E-state index is 0.692. The summed E-state index contributed by atoms with van der Waals surface area (Å²) in [7, 11) is 0. The van der Waals surface area contributed by atoms with Crippen molar-refractivity contribution < 1.29 is 4.42 Å². The average Bonchev–Trinajstić information content (AvgIpc) is 2.72. The Labute approximate surface area is 81.2 Å². The van der Waals surface area contributed by atoms with Gasteiger partial charge in [0.2, 0.25) is 0 Å². The zero-order chi connectivity index (χ0) is 9.80. The predicted octanol–water partition coefficient (Wildman–Crippen LogP) is 3.33. The van der Waals surface area contributed by atoms with E-state index in [4.69, 9.17) is 9.83 Å². The van der Waals surface area contributed by atoms with Crippen molar-refractivity contribution in [1.82, 2.24) is 0 Å². The highest BCUT2D eigenvalue weighted by atomic mass is 16.3. The predicted molar refractivity (Wildman–Crippen MR) is 54.0 cm³/mol. The quantitative estimate of drug-likeness (QED) is 0.715. The molecule has 0 radical (unpaired) electrons. The van der Waals surface area contributed by atoms with Crippen LogP contribution in [0.25, 0.3) is 11.3 Å². The fourth-order valence-corrected chi connectivity index (χ4v) is 1.27. The third-order valence-corrected chi connectivity index (χ3v) is 1.87. The van der Waals surface area contributed by atoms with Gasteiger partial charge in [0.25, 0.3) is 0 Å². The summed E-state index contributed by atoms with van der Waals surface area (Å²) >= 11 is 0. The smallest absolute Gasteiger partial charge is 0.136 e. The summed E-state index contributed by atoms with van der Waals surface area (Å²) in [6, 6.07) is 13.2. The van der Waals surface area contributed by atoms with Crippen LogP contribution in [-0.4, -0.2) is 6.01 Å². The molecule has 0 aliphatic rings. The molecule has 0 spiro atoms. The molecule has 0 unspecified atom stereocenters. The van der Waals surface area contributed by atoms with Gasteiger partial charge in [0, 0.05) is 5.56 Å². The zero-order valence-corrected chi connectivity index (χ0v) is 7.40. The van der Waals surface area contributed by atoms with Crippen molar-refractivity contribution in [3.63, 3.8) is 0 Å². The van der Waals surface area contributed by atoms with Crippen molar-refractivity contribution >= 4 is 11.7 Å². The van der Waals surface area contributed by atoms with Gasteiger partial charge in [0.1, 0.15) is 5.76 Å². The third-order valence-electron chi connectivity index (χ3n) is 1.87. The maximum absolute atomic E-state index is 6.81. The van der Waals surface area contributed by atoms with Gasteiger partial charge in [-0.3, -0.25) is 0 Å². The summed E-state index contributed by atoms with van der Waals surface area (Å²) in [5.41, 5.74) is 1.56. The van der Waals surface area contributed by atoms with Gasteiger partial charge < -0.3 is 4.42 Å². The molecule has 2 rings (SSSR count). The van der Waals surface area contributed by atoms with Gasteiger partial charge in [0.15, 0.2) is 0 Å². The average molecular weight is 184 g/mol. The molecule has 0 saturated carbocycles. The normalized spacial score (nSPS) is 9.43. The van der Waals surface area contributed by atoms with E-state index in [-0.39, 0.29) is 0 Å². The van der Waals surface area contributed by atoms with E-state index in [2.05, 4.69) is 4.99 Å². The lowest BCUT2D eigenvalue weighted by atomic mass is 10.1. The van der Waals surface area contributed by atoms with Crippen LogP contribution in [-0.2, 0) is 0 Å². The molecule has 1 aromatic heterocycles. The van der Waals surface area contributed by atoms with E-state index in [1.54, 1.807) is 6.26 Å². The van der Waals surface area contributed by atoms with Crippen molar-refractivity contribution in [2.45, 2.75) is 0 Å². The molecule has 0 aliphatic heterocycles. The van der Waals surface area contributed by atoms with Crippen LogP contribution in [0, 0.1) is 5.41 Å². The highest BCUT2D eigenvalue weighted by Gasteiger charge is 2.04. The van der Waals surface area contributed by atoms with Gasteiger partial charge in [0.05, 0.1) is 18.0 Å². The molecule has 2 aromatic rings. The topological polar surface area (TPSA) is 49.4 Å². The molecule has 3 heteroatoms. The molecule has 1 N–H and O–H groups in total. The summed E-state index contributed by atoms with van der Waals surface area (Å²) in [6.07, 6.45) is 1.61. The standard InChI is InChI=1S/C11H8N2O/c12-8-13-10-5-2-1-4-9(10)11-6-3-7-14-11/h1-7,12H. The maximum atomic E-state index is 6.81. The third kappa shape index (κ3) is 1.49. The van der Waals surface area contributed by atoms with E-state index in [0.717, 1.165) is 11.3 Å². The summed E-state index contributed by atoms with van der Waals surface area (Å²) in [5.74, 6) is 0.750. The van der Waals surface area contributed by atoms with Gasteiger partial charge in [-0.1, -0.05) is 12.1 Å². The number of aliphatic imine (C=N–C) groups is 1. The van der Waals surface area contributed by atoms with Crippen LogP contribution >= 0.6 is 0 Å². The lowest BCUT2D eigenvalue weighted by Crippen LogP contribution is -1.74. The largest absolute Gasteiger partial charge is 0.464 e. The molecule has 14 heavy (non-hydrogen) atoms. The molecular weight excluding hydrogens is 176 g/mol. The molecule has 68 valence electrons. The first kappa shape index (κ1) is 8.48. The van der Waals surface area contributed by atoms with Crippen LogP contribution in [0.15, 0.2) is 52.1 Å². The monoisotopic (exact) mass is 184 g/mol. The van der Waals surface area contributed by atoms with Crippen LogP contribution in [0.3, 0.4) is 0 Å². The number of hydrogen-bond donors (Lipinski definition) is 1. The summed E-state index contributed by atoms with van der Waals surface area (Å²) in [5, 5.41) is 6.81. The lowest BCUT2D eigenvalue weighted by molar-refractivity contribution is 0.582.